The van der Waals surface area contributed by atoms with E-state index in [1.54, 1.807) is 0 Å². The number of hydrogen-bond acceptors (Lipinski definition) is 4. The molecule has 5 nitrogen and oxygen atoms in total. The molecular weight excluding hydrogens is 295 g/mol. The van der Waals surface area contributed by atoms with Gasteiger partial charge in [0, 0.05) is 22.6 Å². The highest BCUT2D eigenvalue weighted by Crippen LogP contribution is 2.19. The van der Waals surface area contributed by atoms with E-state index in [2.05, 4.69) is 0 Å². The van der Waals surface area contributed by atoms with Gasteiger partial charge in [-0.05, 0) is 24.3 Å². The summed E-state index contributed by atoms with van der Waals surface area (Å²) in [5.41, 5.74) is 0.323. The van der Waals surface area contributed by atoms with Gasteiger partial charge in [0.15, 0.2) is 0 Å². The van der Waals surface area contributed by atoms with Crippen LogP contribution in [0.25, 0.3) is 0 Å². The zero-order chi connectivity index (χ0) is 15.4. The molecule has 0 aliphatic rings. The van der Waals surface area contributed by atoms with Crippen molar-refractivity contribution in [2.45, 2.75) is 10.6 Å². The maximum absolute atomic E-state index is 13.7. The molecule has 2 aromatic carbocycles. The highest BCUT2D eigenvalue weighted by atomic mass is 32.2. The minimum atomic E-state index is -1.52. The van der Waals surface area contributed by atoms with Crippen LogP contribution in [0.15, 0.2) is 47.4 Å². The first-order chi connectivity index (χ1) is 10.0. The molecule has 0 spiro atoms. The van der Waals surface area contributed by atoms with Crippen LogP contribution >= 0.6 is 0 Å². The molecule has 2 aromatic rings. The summed E-state index contributed by atoms with van der Waals surface area (Å²) in [6, 6.07) is 11.0. The molecule has 0 N–H and O–H groups in total. The third-order valence-electron chi connectivity index (χ3n) is 2.78. The molecule has 0 aliphatic heterocycles. The SMILES string of the molecule is N#Cc1ccc(CS(=O)c2ccc([N+](=O)[O-])cc2)c(F)c1. The number of nitro benzene ring substituents is 1. The summed E-state index contributed by atoms with van der Waals surface area (Å²) < 4.78 is 25.8. The van der Waals surface area contributed by atoms with Crippen molar-refractivity contribution >= 4 is 16.5 Å². The Balaban J connectivity index is 2.18. The predicted molar refractivity (Wildman–Crippen MR) is 74.3 cm³/mol. The highest BCUT2D eigenvalue weighted by Gasteiger charge is 2.11. The fourth-order valence-corrected chi connectivity index (χ4v) is 2.80. The van der Waals surface area contributed by atoms with Crippen LogP contribution in [-0.2, 0) is 16.6 Å². The fourth-order valence-electron chi connectivity index (χ4n) is 1.68. The van der Waals surface area contributed by atoms with Crippen LogP contribution in [-0.4, -0.2) is 9.13 Å². The third kappa shape index (κ3) is 3.49. The van der Waals surface area contributed by atoms with Crippen LogP contribution in [0.1, 0.15) is 11.1 Å². The second-order valence-corrected chi connectivity index (χ2v) is 5.61. The Morgan fingerprint density at radius 3 is 2.43 bits per heavy atom. The quantitative estimate of drug-likeness (QED) is 0.642. The maximum Gasteiger partial charge on any atom is 0.269 e. The summed E-state index contributed by atoms with van der Waals surface area (Å²) in [6.45, 7) is 0. The Morgan fingerprint density at radius 2 is 1.90 bits per heavy atom. The lowest BCUT2D eigenvalue weighted by Gasteiger charge is -2.04. The van der Waals surface area contributed by atoms with E-state index in [1.807, 2.05) is 6.07 Å². The van der Waals surface area contributed by atoms with Crippen molar-refractivity contribution in [3.63, 3.8) is 0 Å². The van der Waals surface area contributed by atoms with E-state index in [4.69, 9.17) is 5.26 Å². The monoisotopic (exact) mass is 304 g/mol. The molecule has 1 atom stereocenters. The minimum Gasteiger partial charge on any atom is -0.258 e. The number of halogens is 1. The molecule has 0 amide bonds. The Labute approximate surface area is 122 Å². The number of benzene rings is 2. The number of rotatable bonds is 4. The van der Waals surface area contributed by atoms with Crippen molar-refractivity contribution in [1.29, 1.82) is 5.26 Å². The molecular formula is C14H9FN2O3S. The number of nitrogens with zero attached hydrogens (tertiary/aromatic N) is 2. The van der Waals surface area contributed by atoms with Crippen LogP contribution < -0.4 is 0 Å². The molecule has 0 saturated heterocycles. The zero-order valence-corrected chi connectivity index (χ0v) is 11.5. The predicted octanol–water partition coefficient (Wildman–Crippen LogP) is 2.91. The average Bonchev–Trinajstić information content (AvgIpc) is 2.49. The van der Waals surface area contributed by atoms with Gasteiger partial charge >= 0.3 is 0 Å². The van der Waals surface area contributed by atoms with Gasteiger partial charge in [-0.1, -0.05) is 6.07 Å². The van der Waals surface area contributed by atoms with E-state index in [0.717, 1.165) is 6.07 Å². The van der Waals surface area contributed by atoms with Crippen LogP contribution in [0.5, 0.6) is 0 Å². The molecule has 106 valence electrons. The maximum atomic E-state index is 13.7. The Morgan fingerprint density at radius 1 is 1.24 bits per heavy atom. The summed E-state index contributed by atoms with van der Waals surface area (Å²) in [6.07, 6.45) is 0. The molecule has 2 rings (SSSR count). The van der Waals surface area contributed by atoms with Crippen LogP contribution in [0.4, 0.5) is 10.1 Å². The Hall–Kier alpha value is -2.59. The molecule has 0 fully saturated rings. The number of nitriles is 1. The third-order valence-corrected chi connectivity index (χ3v) is 4.15. The van der Waals surface area contributed by atoms with Gasteiger partial charge in [0.2, 0.25) is 0 Å². The lowest BCUT2D eigenvalue weighted by atomic mass is 10.1. The molecule has 0 heterocycles. The first-order valence-corrected chi connectivity index (χ1v) is 7.14. The van der Waals surface area contributed by atoms with Gasteiger partial charge in [0.1, 0.15) is 5.82 Å². The topological polar surface area (TPSA) is 84.0 Å². The largest absolute Gasteiger partial charge is 0.269 e. The van der Waals surface area contributed by atoms with Gasteiger partial charge in [-0.2, -0.15) is 5.26 Å². The van der Waals surface area contributed by atoms with Crippen molar-refractivity contribution in [1.82, 2.24) is 0 Å². The lowest BCUT2D eigenvalue weighted by Crippen LogP contribution is -2.00. The van der Waals surface area contributed by atoms with Crippen molar-refractivity contribution in [2.75, 3.05) is 0 Å². The average molecular weight is 304 g/mol. The summed E-state index contributed by atoms with van der Waals surface area (Å²) in [7, 11) is -1.52. The molecule has 0 aliphatic carbocycles. The highest BCUT2D eigenvalue weighted by molar-refractivity contribution is 7.84. The second kappa shape index (κ2) is 6.24. The summed E-state index contributed by atoms with van der Waals surface area (Å²) in [5, 5.41) is 19.2. The van der Waals surface area contributed by atoms with Crippen LogP contribution in [0, 0.1) is 27.3 Å². The molecule has 0 saturated carbocycles. The fraction of sp³-hybridized carbons (Fsp3) is 0.0714. The van der Waals surface area contributed by atoms with Gasteiger partial charge < -0.3 is 0 Å². The van der Waals surface area contributed by atoms with E-state index in [0.29, 0.717) is 4.90 Å². The standard InChI is InChI=1S/C14H9FN2O3S/c15-14-7-10(8-16)1-2-11(14)9-21(20)13-5-3-12(4-6-13)17(18)19/h1-7H,9H2. The van der Waals surface area contributed by atoms with E-state index in [1.165, 1.54) is 36.4 Å². The van der Waals surface area contributed by atoms with Gasteiger partial charge in [-0.25, -0.2) is 4.39 Å². The minimum absolute atomic E-state index is 0.0602. The molecule has 0 radical (unpaired) electrons. The molecule has 1 unspecified atom stereocenters. The zero-order valence-electron chi connectivity index (χ0n) is 10.7. The van der Waals surface area contributed by atoms with Gasteiger partial charge in [-0.3, -0.25) is 14.3 Å². The van der Waals surface area contributed by atoms with Crippen LogP contribution in [0.3, 0.4) is 0 Å². The van der Waals surface area contributed by atoms with E-state index < -0.39 is 21.5 Å². The smallest absolute Gasteiger partial charge is 0.258 e. The van der Waals surface area contributed by atoms with Gasteiger partial charge in [0.05, 0.1) is 33.1 Å². The van der Waals surface area contributed by atoms with Crippen molar-refractivity contribution < 1.29 is 13.5 Å². The second-order valence-electron chi connectivity index (χ2n) is 4.16. The molecule has 21 heavy (non-hydrogen) atoms. The first-order valence-electron chi connectivity index (χ1n) is 5.82. The van der Waals surface area contributed by atoms with E-state index in [-0.39, 0.29) is 22.6 Å². The molecule has 0 bridgehead atoms. The summed E-state index contributed by atoms with van der Waals surface area (Å²) in [4.78, 5) is 10.4. The summed E-state index contributed by atoms with van der Waals surface area (Å²) in [5.74, 6) is -0.653. The number of hydrogen-bond donors (Lipinski definition) is 0. The van der Waals surface area contributed by atoms with E-state index >= 15 is 0 Å². The molecule has 0 aromatic heterocycles. The lowest BCUT2D eigenvalue weighted by molar-refractivity contribution is -0.384. The number of nitro groups is 1. The molecule has 7 heteroatoms. The van der Waals surface area contributed by atoms with Gasteiger partial charge in [0.25, 0.3) is 5.69 Å². The summed E-state index contributed by atoms with van der Waals surface area (Å²) >= 11 is 0. The Bertz CT molecular complexity index is 754. The van der Waals surface area contributed by atoms with Gasteiger partial charge in [-0.15, -0.1) is 0 Å². The van der Waals surface area contributed by atoms with Crippen LogP contribution in [0.2, 0.25) is 0 Å². The van der Waals surface area contributed by atoms with Crippen molar-refractivity contribution in [2.24, 2.45) is 0 Å². The van der Waals surface area contributed by atoms with E-state index in [9.17, 15) is 18.7 Å². The van der Waals surface area contributed by atoms with Crippen molar-refractivity contribution in [3.05, 3.63) is 69.5 Å². The van der Waals surface area contributed by atoms with Crippen molar-refractivity contribution in [3.8, 4) is 6.07 Å². The first kappa shape index (κ1) is 14.8. The normalized spacial score (nSPS) is 11.6. The Kier molecular flexibility index (Phi) is 4.40. The number of non-ortho nitro benzene ring substituents is 1.